The van der Waals surface area contributed by atoms with Crippen molar-refractivity contribution >= 4 is 29.0 Å². The summed E-state index contributed by atoms with van der Waals surface area (Å²) in [5, 5.41) is 10.6. The molecule has 1 aromatic rings. The van der Waals surface area contributed by atoms with Crippen molar-refractivity contribution in [3.63, 3.8) is 0 Å². The van der Waals surface area contributed by atoms with Crippen molar-refractivity contribution in [1.82, 2.24) is 0 Å². The number of nitrogens with zero attached hydrogens (tertiary/aromatic N) is 2. The van der Waals surface area contributed by atoms with E-state index in [9.17, 15) is 24.5 Å². The van der Waals surface area contributed by atoms with Crippen molar-refractivity contribution in [2.45, 2.75) is 0 Å². The summed E-state index contributed by atoms with van der Waals surface area (Å²) >= 11 is 0. The highest BCUT2D eigenvalue weighted by Gasteiger charge is 2.38. The molecular weight excluding hydrogens is 256 g/mol. The van der Waals surface area contributed by atoms with E-state index >= 15 is 0 Å². The monoisotopic (exact) mass is 264 g/mol. The Bertz CT molecular complexity index is 609. The molecule has 1 aliphatic rings. The molecule has 0 spiro atoms. The molecule has 0 bridgehead atoms. The van der Waals surface area contributed by atoms with Gasteiger partial charge in [0.2, 0.25) is 0 Å². The zero-order valence-corrected chi connectivity index (χ0v) is 9.78. The molecule has 0 fully saturated rings. The fourth-order valence-corrected chi connectivity index (χ4v) is 1.75. The Morgan fingerprint density at radius 2 is 2.11 bits per heavy atom. The maximum atomic E-state index is 11.7. The summed E-state index contributed by atoms with van der Waals surface area (Å²) in [6.07, 6.45) is 0. The van der Waals surface area contributed by atoms with Crippen LogP contribution in [0.1, 0.15) is 10.4 Å². The maximum Gasteiger partial charge on any atom is 0.325 e. The number of rotatable bonds is 3. The largest absolute Gasteiger partial charge is 0.468 e. The summed E-state index contributed by atoms with van der Waals surface area (Å²) in [5.41, 5.74) is -0.200. The average molecular weight is 264 g/mol. The van der Waals surface area contributed by atoms with Crippen molar-refractivity contribution in [3.8, 4) is 0 Å². The second kappa shape index (κ2) is 4.48. The van der Waals surface area contributed by atoms with Crippen LogP contribution in [0.2, 0.25) is 0 Å². The summed E-state index contributed by atoms with van der Waals surface area (Å²) in [6, 6.07) is 3.45. The van der Waals surface area contributed by atoms with Crippen LogP contribution in [0, 0.1) is 10.1 Å². The summed E-state index contributed by atoms with van der Waals surface area (Å²) in [4.78, 5) is 45.4. The van der Waals surface area contributed by atoms with E-state index in [4.69, 9.17) is 0 Å². The molecule has 0 atom stereocenters. The number of carbonyl (C=O) groups excluding carboxylic acids is 3. The number of benzene rings is 1. The number of hydrogen-bond acceptors (Lipinski definition) is 6. The van der Waals surface area contributed by atoms with Gasteiger partial charge in [-0.2, -0.15) is 0 Å². The van der Waals surface area contributed by atoms with Crippen molar-refractivity contribution in [1.29, 1.82) is 0 Å². The van der Waals surface area contributed by atoms with Crippen LogP contribution in [0.4, 0.5) is 11.4 Å². The quantitative estimate of drug-likeness (QED) is 0.336. The number of Topliss-reactive ketones (excluding diaryl/α,β-unsaturated/α-hetero) is 1. The van der Waals surface area contributed by atoms with E-state index in [1.165, 1.54) is 6.07 Å². The lowest BCUT2D eigenvalue weighted by atomic mass is 10.1. The minimum atomic E-state index is -0.902. The molecule has 1 aliphatic heterocycles. The van der Waals surface area contributed by atoms with Gasteiger partial charge in [-0.05, 0) is 6.07 Å². The lowest BCUT2D eigenvalue weighted by molar-refractivity contribution is -0.384. The molecule has 0 radical (unpaired) electrons. The number of non-ortho nitro benzene ring substituents is 1. The average Bonchev–Trinajstić information content (AvgIpc) is 2.63. The maximum absolute atomic E-state index is 11.7. The predicted octanol–water partition coefficient (Wildman–Crippen LogP) is 0.297. The summed E-state index contributed by atoms with van der Waals surface area (Å²) in [6.45, 7) is -0.411. The Kier molecular flexibility index (Phi) is 2.99. The van der Waals surface area contributed by atoms with Crippen molar-refractivity contribution in [3.05, 3.63) is 33.9 Å². The highest BCUT2D eigenvalue weighted by molar-refractivity contribution is 6.52. The van der Waals surface area contributed by atoms with Crippen LogP contribution in [0.25, 0.3) is 0 Å². The molecular formula is C11H8N2O6. The van der Waals surface area contributed by atoms with Crippen molar-refractivity contribution < 1.29 is 24.0 Å². The van der Waals surface area contributed by atoms with Crippen molar-refractivity contribution in [2.24, 2.45) is 0 Å². The molecule has 0 saturated heterocycles. The number of ether oxygens (including phenoxy) is 1. The van der Waals surface area contributed by atoms with E-state index in [1.807, 2.05) is 0 Å². The molecule has 8 nitrogen and oxygen atoms in total. The van der Waals surface area contributed by atoms with Gasteiger partial charge in [0.1, 0.15) is 6.54 Å². The van der Waals surface area contributed by atoms with Gasteiger partial charge in [0.15, 0.2) is 0 Å². The third kappa shape index (κ3) is 2.03. The van der Waals surface area contributed by atoms with Gasteiger partial charge < -0.3 is 4.74 Å². The second-order valence-corrected chi connectivity index (χ2v) is 3.76. The van der Waals surface area contributed by atoms with Crippen LogP contribution in [0.3, 0.4) is 0 Å². The molecule has 0 aromatic heterocycles. The van der Waals surface area contributed by atoms with E-state index in [2.05, 4.69) is 4.74 Å². The molecule has 1 heterocycles. The summed E-state index contributed by atoms with van der Waals surface area (Å²) < 4.78 is 4.42. The highest BCUT2D eigenvalue weighted by Crippen LogP contribution is 2.31. The molecule has 0 unspecified atom stereocenters. The fourth-order valence-electron chi connectivity index (χ4n) is 1.75. The number of amides is 1. The minimum Gasteiger partial charge on any atom is -0.468 e. The van der Waals surface area contributed by atoms with Crippen LogP contribution in [-0.2, 0) is 14.3 Å². The van der Waals surface area contributed by atoms with Crippen LogP contribution in [-0.4, -0.2) is 36.2 Å². The van der Waals surface area contributed by atoms with Crippen molar-refractivity contribution in [2.75, 3.05) is 18.6 Å². The lowest BCUT2D eigenvalue weighted by Crippen LogP contribution is -2.35. The molecule has 2 rings (SSSR count). The van der Waals surface area contributed by atoms with Gasteiger partial charge in [-0.25, -0.2) is 0 Å². The predicted molar refractivity (Wildman–Crippen MR) is 61.8 cm³/mol. The molecule has 0 saturated carbocycles. The van der Waals surface area contributed by atoms with Gasteiger partial charge in [0.05, 0.1) is 23.3 Å². The first kappa shape index (κ1) is 12.7. The lowest BCUT2D eigenvalue weighted by Gasteiger charge is -2.14. The number of hydrogen-bond donors (Lipinski definition) is 0. The molecule has 0 aliphatic carbocycles. The number of nitro benzene ring substituents is 1. The minimum absolute atomic E-state index is 0.0805. The van der Waals surface area contributed by atoms with E-state index < -0.39 is 29.1 Å². The third-order valence-corrected chi connectivity index (χ3v) is 2.68. The van der Waals surface area contributed by atoms with Crippen LogP contribution in [0.5, 0.6) is 0 Å². The van der Waals surface area contributed by atoms with Gasteiger partial charge in [-0.1, -0.05) is 0 Å². The van der Waals surface area contributed by atoms with Gasteiger partial charge in [0, 0.05) is 12.1 Å². The number of anilines is 1. The number of methoxy groups -OCH3 is 1. The number of esters is 1. The molecule has 0 N–H and O–H groups in total. The third-order valence-electron chi connectivity index (χ3n) is 2.68. The van der Waals surface area contributed by atoms with Gasteiger partial charge >= 0.3 is 5.97 Å². The summed E-state index contributed by atoms with van der Waals surface area (Å²) in [7, 11) is 1.15. The van der Waals surface area contributed by atoms with E-state index in [1.54, 1.807) is 0 Å². The van der Waals surface area contributed by atoms with Gasteiger partial charge in [0.25, 0.3) is 17.4 Å². The number of ketones is 1. The molecule has 98 valence electrons. The first-order valence-corrected chi connectivity index (χ1v) is 5.17. The number of nitro groups is 1. The molecule has 1 amide bonds. The fraction of sp³-hybridized carbons (Fsp3) is 0.182. The zero-order valence-electron chi connectivity index (χ0n) is 9.78. The van der Waals surface area contributed by atoms with E-state index in [-0.39, 0.29) is 16.9 Å². The van der Waals surface area contributed by atoms with Crippen LogP contribution < -0.4 is 4.90 Å². The van der Waals surface area contributed by atoms with Gasteiger partial charge in [-0.15, -0.1) is 0 Å². The number of fused-ring (bicyclic) bond motifs is 1. The zero-order chi connectivity index (χ0) is 14.2. The molecule has 8 heteroatoms. The number of carbonyl (C=O) groups is 3. The molecule has 19 heavy (non-hydrogen) atoms. The first-order valence-electron chi connectivity index (χ1n) is 5.17. The normalized spacial score (nSPS) is 13.4. The Morgan fingerprint density at radius 1 is 1.42 bits per heavy atom. The second-order valence-electron chi connectivity index (χ2n) is 3.76. The SMILES string of the molecule is COC(=O)CN1C(=O)C(=O)c2cc([N+](=O)[O-])ccc21. The summed E-state index contributed by atoms with van der Waals surface area (Å²) in [5.74, 6) is -2.46. The topological polar surface area (TPSA) is 107 Å². The highest BCUT2D eigenvalue weighted by atomic mass is 16.6. The standard InChI is InChI=1S/C11H8N2O6/c1-19-9(14)5-12-8-3-2-6(13(17)18)4-7(8)10(15)11(12)16/h2-4H,5H2,1H3. The molecule has 1 aromatic carbocycles. The first-order chi connectivity index (χ1) is 8.95. The Hall–Kier alpha value is -2.77. The Labute approximate surface area is 106 Å². The Balaban J connectivity index is 2.44. The van der Waals surface area contributed by atoms with E-state index in [0.29, 0.717) is 0 Å². The van der Waals surface area contributed by atoms with E-state index in [0.717, 1.165) is 24.1 Å². The van der Waals surface area contributed by atoms with Crippen LogP contribution in [0.15, 0.2) is 18.2 Å². The van der Waals surface area contributed by atoms with Crippen LogP contribution >= 0.6 is 0 Å². The van der Waals surface area contributed by atoms with Gasteiger partial charge in [-0.3, -0.25) is 29.4 Å². The Morgan fingerprint density at radius 3 is 2.68 bits per heavy atom. The smallest absolute Gasteiger partial charge is 0.325 e.